The highest BCUT2D eigenvalue weighted by atomic mass is 16.2. The van der Waals surface area contributed by atoms with Gasteiger partial charge < -0.3 is 11.1 Å². The van der Waals surface area contributed by atoms with Gasteiger partial charge in [-0.15, -0.1) is 0 Å². The number of nitrogens with one attached hydrogen (secondary N) is 2. The zero-order chi connectivity index (χ0) is 13.3. The molecule has 1 saturated carbocycles. The van der Waals surface area contributed by atoms with E-state index in [0.717, 1.165) is 50.6 Å². The van der Waals surface area contributed by atoms with Gasteiger partial charge in [-0.1, -0.05) is 19.3 Å². The summed E-state index contributed by atoms with van der Waals surface area (Å²) < 4.78 is 0. The van der Waals surface area contributed by atoms with Crippen LogP contribution in [0.1, 0.15) is 62.2 Å². The van der Waals surface area contributed by atoms with Crippen LogP contribution in [0.4, 0.5) is 0 Å². The molecule has 4 N–H and O–H groups in total. The minimum Gasteiger partial charge on any atom is -0.346 e. The summed E-state index contributed by atoms with van der Waals surface area (Å²) in [6, 6.07) is 0.0566. The second-order valence-corrected chi connectivity index (χ2v) is 5.94. The lowest BCUT2D eigenvalue weighted by atomic mass is 9.81. The molecule has 5 nitrogen and oxygen atoms in total. The van der Waals surface area contributed by atoms with E-state index in [1.165, 1.54) is 12.0 Å². The first-order valence-corrected chi connectivity index (χ1v) is 7.31. The molecule has 1 unspecified atom stereocenters. The average molecular weight is 262 g/mol. The average Bonchev–Trinajstić information content (AvgIpc) is 2.89. The molecule has 1 atom stereocenters. The van der Waals surface area contributed by atoms with Crippen LogP contribution in [0.5, 0.6) is 0 Å². The van der Waals surface area contributed by atoms with Gasteiger partial charge >= 0.3 is 0 Å². The van der Waals surface area contributed by atoms with Gasteiger partial charge in [0.15, 0.2) is 0 Å². The van der Waals surface area contributed by atoms with Crippen molar-refractivity contribution >= 4 is 5.91 Å². The molecule has 1 aromatic heterocycles. The number of carbonyl (C=O) groups is 1. The molecule has 5 heteroatoms. The third kappa shape index (κ3) is 2.39. The first-order chi connectivity index (χ1) is 9.19. The fraction of sp³-hybridized carbons (Fsp3) is 0.714. The molecule has 1 heterocycles. The summed E-state index contributed by atoms with van der Waals surface area (Å²) in [5, 5.41) is 10.2. The molecular weight excluding hydrogens is 240 g/mol. The maximum atomic E-state index is 12.4. The van der Waals surface area contributed by atoms with Crippen LogP contribution in [0, 0.1) is 0 Å². The predicted octanol–water partition coefficient (Wildman–Crippen LogP) is 1.56. The van der Waals surface area contributed by atoms with E-state index in [9.17, 15) is 4.79 Å². The monoisotopic (exact) mass is 262 g/mol. The molecule has 1 fully saturated rings. The number of H-pyrrole nitrogens is 1. The molecule has 2 aliphatic rings. The maximum absolute atomic E-state index is 12.4. The van der Waals surface area contributed by atoms with E-state index >= 15 is 0 Å². The summed E-state index contributed by atoms with van der Waals surface area (Å²) in [6.07, 6.45) is 9.90. The second kappa shape index (κ2) is 4.96. The summed E-state index contributed by atoms with van der Waals surface area (Å²) in [7, 11) is 0. The highest BCUT2D eigenvalue weighted by Gasteiger charge is 2.37. The Bertz CT molecular complexity index is 462. The number of aromatic nitrogens is 2. The molecule has 0 saturated heterocycles. The number of hydrogen-bond acceptors (Lipinski definition) is 3. The van der Waals surface area contributed by atoms with Crippen molar-refractivity contribution in [2.75, 3.05) is 0 Å². The van der Waals surface area contributed by atoms with Gasteiger partial charge in [-0.2, -0.15) is 5.10 Å². The van der Waals surface area contributed by atoms with Gasteiger partial charge in [0, 0.05) is 0 Å². The van der Waals surface area contributed by atoms with Crippen molar-refractivity contribution in [2.45, 2.75) is 62.9 Å². The van der Waals surface area contributed by atoms with E-state index in [1.54, 1.807) is 0 Å². The molecule has 0 radical (unpaired) electrons. The van der Waals surface area contributed by atoms with Gasteiger partial charge in [0.25, 0.3) is 0 Å². The van der Waals surface area contributed by atoms with Crippen LogP contribution in [0.2, 0.25) is 0 Å². The van der Waals surface area contributed by atoms with Crippen LogP contribution in [0.25, 0.3) is 0 Å². The van der Waals surface area contributed by atoms with Crippen molar-refractivity contribution in [3.63, 3.8) is 0 Å². The second-order valence-electron chi connectivity index (χ2n) is 5.94. The number of carbonyl (C=O) groups excluding carboxylic acids is 1. The third-order valence-corrected chi connectivity index (χ3v) is 4.54. The molecule has 0 bridgehead atoms. The Kier molecular flexibility index (Phi) is 3.31. The van der Waals surface area contributed by atoms with Gasteiger partial charge in [0.05, 0.1) is 23.5 Å². The molecule has 1 aromatic rings. The number of nitrogens with two attached hydrogens (primary N) is 1. The highest BCUT2D eigenvalue weighted by Crippen LogP contribution is 2.30. The lowest BCUT2D eigenvalue weighted by Gasteiger charge is -2.34. The Morgan fingerprint density at radius 2 is 2.16 bits per heavy atom. The van der Waals surface area contributed by atoms with Crippen LogP contribution in [0.15, 0.2) is 6.20 Å². The predicted molar refractivity (Wildman–Crippen MR) is 72.4 cm³/mol. The highest BCUT2D eigenvalue weighted by molar-refractivity contribution is 5.86. The summed E-state index contributed by atoms with van der Waals surface area (Å²) in [5.74, 6) is 0.0136. The Labute approximate surface area is 113 Å². The number of aromatic amines is 1. The molecule has 0 aromatic carbocycles. The standard InChI is InChI=1S/C14H22N4O/c15-14(7-2-1-3-8-14)13(19)17-11-6-4-5-10-9-16-18-12(10)11/h9,11H,1-8,15H2,(H,16,18)(H,17,19). The fourth-order valence-electron chi connectivity index (χ4n) is 3.32. The quantitative estimate of drug-likeness (QED) is 0.756. The van der Waals surface area contributed by atoms with Crippen molar-refractivity contribution < 1.29 is 4.79 Å². The zero-order valence-corrected chi connectivity index (χ0v) is 11.2. The molecule has 0 aliphatic heterocycles. The normalized spacial score (nSPS) is 25.6. The summed E-state index contributed by atoms with van der Waals surface area (Å²) >= 11 is 0. The van der Waals surface area contributed by atoms with E-state index in [-0.39, 0.29) is 11.9 Å². The molecule has 2 aliphatic carbocycles. The number of hydrogen-bond donors (Lipinski definition) is 3. The van der Waals surface area contributed by atoms with Crippen molar-refractivity contribution in [3.8, 4) is 0 Å². The van der Waals surface area contributed by atoms with Crippen molar-refractivity contribution in [3.05, 3.63) is 17.5 Å². The topological polar surface area (TPSA) is 83.8 Å². The minimum absolute atomic E-state index is 0.0136. The van der Waals surface area contributed by atoms with Gasteiger partial charge in [0.2, 0.25) is 5.91 Å². The number of aryl methyl sites for hydroxylation is 1. The zero-order valence-electron chi connectivity index (χ0n) is 11.2. The maximum Gasteiger partial charge on any atom is 0.240 e. The number of nitrogens with zero attached hydrogens (tertiary/aromatic N) is 1. The number of fused-ring (bicyclic) bond motifs is 1. The molecule has 1 amide bonds. The van der Waals surface area contributed by atoms with Crippen LogP contribution in [-0.4, -0.2) is 21.6 Å². The van der Waals surface area contributed by atoms with Gasteiger partial charge in [-0.05, 0) is 37.7 Å². The summed E-state index contributed by atoms with van der Waals surface area (Å²) in [5.41, 5.74) is 7.92. The Balaban J connectivity index is 1.71. The Morgan fingerprint density at radius 1 is 1.37 bits per heavy atom. The molecule has 104 valence electrons. The van der Waals surface area contributed by atoms with Crippen LogP contribution in [-0.2, 0) is 11.2 Å². The van der Waals surface area contributed by atoms with E-state index < -0.39 is 5.54 Å². The number of rotatable bonds is 2. The summed E-state index contributed by atoms with van der Waals surface area (Å²) in [4.78, 5) is 12.4. The van der Waals surface area contributed by atoms with E-state index in [1.807, 2.05) is 6.20 Å². The smallest absolute Gasteiger partial charge is 0.240 e. The number of amides is 1. The summed E-state index contributed by atoms with van der Waals surface area (Å²) in [6.45, 7) is 0. The molecular formula is C14H22N4O. The van der Waals surface area contributed by atoms with Crippen LogP contribution in [0.3, 0.4) is 0 Å². The molecule has 0 spiro atoms. The van der Waals surface area contributed by atoms with Crippen molar-refractivity contribution in [2.24, 2.45) is 5.73 Å². The van der Waals surface area contributed by atoms with Gasteiger partial charge in [0.1, 0.15) is 0 Å². The van der Waals surface area contributed by atoms with Gasteiger partial charge in [-0.25, -0.2) is 0 Å². The Morgan fingerprint density at radius 3 is 2.95 bits per heavy atom. The fourth-order valence-corrected chi connectivity index (χ4v) is 3.32. The first-order valence-electron chi connectivity index (χ1n) is 7.31. The largest absolute Gasteiger partial charge is 0.346 e. The molecule has 3 rings (SSSR count). The van der Waals surface area contributed by atoms with Gasteiger partial charge in [-0.3, -0.25) is 9.89 Å². The van der Waals surface area contributed by atoms with E-state index in [4.69, 9.17) is 5.73 Å². The lowest BCUT2D eigenvalue weighted by Crippen LogP contribution is -2.55. The van der Waals surface area contributed by atoms with Crippen molar-refractivity contribution in [1.82, 2.24) is 15.5 Å². The third-order valence-electron chi connectivity index (χ3n) is 4.54. The minimum atomic E-state index is -0.657. The van der Waals surface area contributed by atoms with Crippen LogP contribution < -0.4 is 11.1 Å². The SMILES string of the molecule is NC1(C(=O)NC2CCCc3cn[nH]c32)CCCCC1. The molecule has 19 heavy (non-hydrogen) atoms. The first kappa shape index (κ1) is 12.7. The van der Waals surface area contributed by atoms with Crippen LogP contribution >= 0.6 is 0 Å². The Hall–Kier alpha value is -1.36. The van der Waals surface area contributed by atoms with Crippen molar-refractivity contribution in [1.29, 1.82) is 0 Å². The van der Waals surface area contributed by atoms with E-state index in [2.05, 4.69) is 15.5 Å². The lowest BCUT2D eigenvalue weighted by molar-refractivity contribution is -0.128. The van der Waals surface area contributed by atoms with E-state index in [0.29, 0.717) is 0 Å².